The molecule has 0 spiro atoms. The van der Waals surface area contributed by atoms with E-state index in [1.54, 1.807) is 41.6 Å². The number of carbonyl (C=O) groups excluding carboxylic acids is 1. The van der Waals surface area contributed by atoms with Gasteiger partial charge in [-0.05, 0) is 18.2 Å². The fraction of sp³-hybridized carbons (Fsp3) is 0.318. The van der Waals surface area contributed by atoms with E-state index in [0.29, 0.717) is 60.0 Å². The summed E-state index contributed by atoms with van der Waals surface area (Å²) in [5.41, 5.74) is 2.84. The Morgan fingerprint density at radius 1 is 1.27 bits per heavy atom. The summed E-state index contributed by atoms with van der Waals surface area (Å²) in [5, 5.41) is 12.4. The number of nitrogens with one attached hydrogen (secondary N) is 1. The van der Waals surface area contributed by atoms with Gasteiger partial charge in [0.25, 0.3) is 0 Å². The van der Waals surface area contributed by atoms with Crippen LogP contribution in [0.5, 0.6) is 11.8 Å². The van der Waals surface area contributed by atoms with E-state index in [4.69, 9.17) is 31.2 Å². The number of methoxy groups -OCH3 is 1. The lowest BCUT2D eigenvalue weighted by Gasteiger charge is -2.29. The van der Waals surface area contributed by atoms with Crippen LogP contribution < -0.4 is 14.8 Å². The van der Waals surface area contributed by atoms with Crippen molar-refractivity contribution >= 4 is 23.3 Å². The number of aromatic nitrogens is 4. The normalized spacial score (nSPS) is 12.8. The third-order valence-corrected chi connectivity index (χ3v) is 5.26. The van der Waals surface area contributed by atoms with Crippen LogP contribution in [-0.2, 0) is 13.0 Å². The molecule has 2 amide bonds. The summed E-state index contributed by atoms with van der Waals surface area (Å²) in [6.45, 7) is 1.07. The predicted molar refractivity (Wildman–Crippen MR) is 121 cm³/mol. The second-order valence-electron chi connectivity index (χ2n) is 7.26. The maximum Gasteiger partial charge on any atom is 0.322 e. The first-order valence-electron chi connectivity index (χ1n) is 10.4. The van der Waals surface area contributed by atoms with Crippen molar-refractivity contribution in [2.75, 3.05) is 32.2 Å². The van der Waals surface area contributed by atoms with E-state index < -0.39 is 0 Å². The Bertz CT molecular complexity index is 1130. The minimum absolute atomic E-state index is 0.00512. The quantitative estimate of drug-likeness (QED) is 0.399. The van der Waals surface area contributed by atoms with Gasteiger partial charge in [-0.2, -0.15) is 4.98 Å². The number of carbonyl (C=O) groups is 1. The third-order valence-electron chi connectivity index (χ3n) is 5.03. The van der Waals surface area contributed by atoms with E-state index in [0.717, 1.165) is 11.3 Å². The maximum atomic E-state index is 12.9. The van der Waals surface area contributed by atoms with Gasteiger partial charge in [-0.25, -0.2) is 19.7 Å². The molecule has 0 atom stereocenters. The lowest BCUT2D eigenvalue weighted by atomic mass is 10.1. The topological polar surface area (TPSA) is 123 Å². The second kappa shape index (κ2) is 10.4. The lowest BCUT2D eigenvalue weighted by Crippen LogP contribution is -2.39. The number of aliphatic hydroxyl groups excluding tert-OH is 1. The first-order valence-corrected chi connectivity index (χ1v) is 10.8. The molecule has 4 rings (SSSR count). The SMILES string of the molecule is COc1cc(NC(=O)N2CCc3nc(-c4ccc(Cl)nc4)nc(OCCCO)c3C2)ccn1. The van der Waals surface area contributed by atoms with Crippen molar-refractivity contribution < 1.29 is 19.4 Å². The molecule has 1 aliphatic heterocycles. The number of urea groups is 1. The standard InChI is InChI=1S/C22H23ClN6O4/c1-32-19-11-15(5-7-24-19)26-22(31)29-8-6-17-16(13-29)21(33-10-2-9-30)28-20(27-17)14-3-4-18(23)25-12-14/h3-5,7,11-12,30H,2,6,8-10,13H2,1H3,(H,24,26,31). The predicted octanol–water partition coefficient (Wildman–Crippen LogP) is 2.95. The van der Waals surface area contributed by atoms with Gasteiger partial charge in [0, 0.05) is 55.7 Å². The number of nitrogens with zero attached hydrogens (tertiary/aromatic N) is 5. The Morgan fingerprint density at radius 2 is 2.15 bits per heavy atom. The van der Waals surface area contributed by atoms with E-state index in [2.05, 4.69) is 20.3 Å². The van der Waals surface area contributed by atoms with Gasteiger partial charge in [-0.1, -0.05) is 11.6 Å². The molecule has 0 fully saturated rings. The van der Waals surface area contributed by atoms with E-state index in [-0.39, 0.29) is 19.2 Å². The average Bonchev–Trinajstić information content (AvgIpc) is 2.84. The number of ether oxygens (including phenoxy) is 2. The molecule has 4 heterocycles. The molecule has 0 aromatic carbocycles. The van der Waals surface area contributed by atoms with Crippen molar-refractivity contribution in [2.24, 2.45) is 0 Å². The Kier molecular flexibility index (Phi) is 7.16. The Hall–Kier alpha value is -3.50. The highest BCUT2D eigenvalue weighted by atomic mass is 35.5. The fourth-order valence-corrected chi connectivity index (χ4v) is 3.46. The van der Waals surface area contributed by atoms with Crippen LogP contribution in [0.4, 0.5) is 10.5 Å². The molecule has 0 bridgehead atoms. The van der Waals surface area contributed by atoms with Crippen LogP contribution in [0.2, 0.25) is 5.15 Å². The molecule has 3 aromatic heterocycles. The minimum Gasteiger partial charge on any atom is -0.481 e. The molecule has 33 heavy (non-hydrogen) atoms. The molecule has 172 valence electrons. The van der Waals surface area contributed by atoms with Crippen molar-refractivity contribution in [1.82, 2.24) is 24.8 Å². The summed E-state index contributed by atoms with van der Waals surface area (Å²) in [6, 6.07) is 6.54. The van der Waals surface area contributed by atoms with Crippen LogP contribution in [0.3, 0.4) is 0 Å². The van der Waals surface area contributed by atoms with E-state index in [1.165, 1.54) is 7.11 Å². The number of aliphatic hydroxyl groups is 1. The van der Waals surface area contributed by atoms with Crippen LogP contribution in [0.1, 0.15) is 17.7 Å². The first kappa shape index (κ1) is 22.7. The lowest BCUT2D eigenvalue weighted by molar-refractivity contribution is 0.201. The fourth-order valence-electron chi connectivity index (χ4n) is 3.35. The third kappa shape index (κ3) is 5.47. The van der Waals surface area contributed by atoms with E-state index in [9.17, 15) is 4.79 Å². The molecule has 11 heteroatoms. The van der Waals surface area contributed by atoms with E-state index in [1.807, 2.05) is 0 Å². The van der Waals surface area contributed by atoms with Crippen LogP contribution in [0.25, 0.3) is 11.4 Å². The number of pyridine rings is 2. The zero-order valence-electron chi connectivity index (χ0n) is 18.0. The molecular formula is C22H23ClN6O4. The number of anilines is 1. The molecule has 0 radical (unpaired) electrons. The van der Waals surface area contributed by atoms with Gasteiger partial charge < -0.3 is 24.8 Å². The molecule has 3 aromatic rings. The summed E-state index contributed by atoms with van der Waals surface area (Å²) in [7, 11) is 1.52. The van der Waals surface area contributed by atoms with Gasteiger partial charge in [0.05, 0.1) is 31.5 Å². The van der Waals surface area contributed by atoms with Gasteiger partial charge in [0.15, 0.2) is 5.82 Å². The van der Waals surface area contributed by atoms with Crippen LogP contribution in [0, 0.1) is 0 Å². The zero-order chi connectivity index (χ0) is 23.2. The first-order chi connectivity index (χ1) is 16.1. The van der Waals surface area contributed by atoms with Gasteiger partial charge in [0.2, 0.25) is 11.8 Å². The van der Waals surface area contributed by atoms with Crippen molar-refractivity contribution in [3.8, 4) is 23.1 Å². The number of hydrogen-bond donors (Lipinski definition) is 2. The molecule has 0 unspecified atom stereocenters. The molecule has 0 aliphatic carbocycles. The molecule has 0 saturated carbocycles. The van der Waals surface area contributed by atoms with Gasteiger partial charge in [-0.3, -0.25) is 0 Å². The monoisotopic (exact) mass is 470 g/mol. The smallest absolute Gasteiger partial charge is 0.322 e. The van der Waals surface area contributed by atoms with Crippen LogP contribution in [0.15, 0.2) is 36.7 Å². The average molecular weight is 471 g/mol. The van der Waals surface area contributed by atoms with Crippen LogP contribution >= 0.6 is 11.6 Å². The van der Waals surface area contributed by atoms with Crippen molar-refractivity contribution in [2.45, 2.75) is 19.4 Å². The highest BCUT2D eigenvalue weighted by Crippen LogP contribution is 2.29. The number of hydrogen-bond acceptors (Lipinski definition) is 8. The number of fused-ring (bicyclic) bond motifs is 1. The zero-order valence-corrected chi connectivity index (χ0v) is 18.7. The van der Waals surface area contributed by atoms with E-state index >= 15 is 0 Å². The van der Waals surface area contributed by atoms with Crippen molar-refractivity contribution in [1.29, 1.82) is 0 Å². The summed E-state index contributed by atoms with van der Waals surface area (Å²) in [4.78, 5) is 32.0. The van der Waals surface area contributed by atoms with Crippen molar-refractivity contribution in [3.05, 3.63) is 53.1 Å². The van der Waals surface area contributed by atoms with Gasteiger partial charge in [-0.15, -0.1) is 0 Å². The molecule has 2 N–H and O–H groups in total. The molecule has 1 aliphatic rings. The van der Waals surface area contributed by atoms with Gasteiger partial charge >= 0.3 is 6.03 Å². The largest absolute Gasteiger partial charge is 0.481 e. The summed E-state index contributed by atoms with van der Waals surface area (Å²) in [5.74, 6) is 1.27. The van der Waals surface area contributed by atoms with Gasteiger partial charge in [0.1, 0.15) is 5.15 Å². The minimum atomic E-state index is -0.263. The molecular weight excluding hydrogens is 448 g/mol. The highest BCUT2D eigenvalue weighted by molar-refractivity contribution is 6.29. The summed E-state index contributed by atoms with van der Waals surface area (Å²) in [6.07, 6.45) is 4.17. The Labute approximate surface area is 195 Å². The second-order valence-corrected chi connectivity index (χ2v) is 7.65. The Balaban J connectivity index is 1.57. The summed E-state index contributed by atoms with van der Waals surface area (Å²) < 4.78 is 11.0. The maximum absolute atomic E-state index is 12.9. The Morgan fingerprint density at radius 3 is 2.91 bits per heavy atom. The highest BCUT2D eigenvalue weighted by Gasteiger charge is 2.27. The molecule has 10 nitrogen and oxygen atoms in total. The molecule has 0 saturated heterocycles. The number of halogens is 1. The van der Waals surface area contributed by atoms with Crippen molar-refractivity contribution in [3.63, 3.8) is 0 Å². The summed E-state index contributed by atoms with van der Waals surface area (Å²) >= 11 is 5.90. The number of rotatable bonds is 7. The number of amides is 2. The van der Waals surface area contributed by atoms with Crippen LogP contribution in [-0.4, -0.2) is 62.8 Å².